The summed E-state index contributed by atoms with van der Waals surface area (Å²) in [6, 6.07) is 14.4. The molecule has 0 saturated heterocycles. The highest BCUT2D eigenvalue weighted by Crippen LogP contribution is 2.30. The van der Waals surface area contributed by atoms with Gasteiger partial charge in [0, 0.05) is 68.4 Å². The van der Waals surface area contributed by atoms with Crippen molar-refractivity contribution in [2.45, 2.75) is 17.9 Å². The second-order valence-corrected chi connectivity index (χ2v) is 9.44. The van der Waals surface area contributed by atoms with Gasteiger partial charge in [-0.15, -0.1) is 0 Å². The molecule has 6 nitrogen and oxygen atoms in total. The van der Waals surface area contributed by atoms with E-state index in [1.807, 2.05) is 17.0 Å². The van der Waals surface area contributed by atoms with Gasteiger partial charge in [-0.05, 0) is 30.3 Å². The number of amides is 1. The highest BCUT2D eigenvalue weighted by molar-refractivity contribution is 7.89. The van der Waals surface area contributed by atoms with Crippen LogP contribution in [-0.2, 0) is 30.0 Å². The van der Waals surface area contributed by atoms with Gasteiger partial charge in [-0.1, -0.05) is 18.2 Å². The van der Waals surface area contributed by atoms with Crippen LogP contribution in [0.5, 0.6) is 0 Å². The molecular weight excluding hydrogens is 374 g/mol. The first-order chi connectivity index (χ1) is 13.3. The highest BCUT2D eigenvalue weighted by Gasteiger charge is 2.26. The number of fused-ring (bicyclic) bond motifs is 3. The van der Waals surface area contributed by atoms with Gasteiger partial charge in [0.2, 0.25) is 10.0 Å². The van der Waals surface area contributed by atoms with Gasteiger partial charge in [-0.3, -0.25) is 4.79 Å². The maximum absolute atomic E-state index is 13.0. The molecule has 0 spiro atoms. The van der Waals surface area contributed by atoms with Gasteiger partial charge >= 0.3 is 0 Å². The van der Waals surface area contributed by atoms with Crippen molar-refractivity contribution in [2.75, 3.05) is 20.6 Å². The molecule has 1 aromatic heterocycles. The monoisotopic (exact) mass is 397 g/mol. The summed E-state index contributed by atoms with van der Waals surface area (Å²) in [4.78, 5) is 15.0. The van der Waals surface area contributed by atoms with E-state index in [1.165, 1.54) is 48.4 Å². The van der Waals surface area contributed by atoms with Crippen molar-refractivity contribution < 1.29 is 13.2 Å². The summed E-state index contributed by atoms with van der Waals surface area (Å²) in [6.07, 6.45) is 0.805. The molecule has 146 valence electrons. The molecule has 0 N–H and O–H groups in total. The van der Waals surface area contributed by atoms with Crippen LogP contribution in [0.1, 0.15) is 21.6 Å². The number of sulfonamides is 1. The fourth-order valence-corrected chi connectivity index (χ4v) is 4.77. The van der Waals surface area contributed by atoms with Crippen LogP contribution in [0.2, 0.25) is 0 Å². The van der Waals surface area contributed by atoms with Gasteiger partial charge in [-0.2, -0.15) is 0 Å². The van der Waals surface area contributed by atoms with Gasteiger partial charge in [0.15, 0.2) is 0 Å². The number of aryl methyl sites for hydroxylation is 1. The zero-order valence-corrected chi connectivity index (χ0v) is 17.0. The maximum Gasteiger partial charge on any atom is 0.254 e. The van der Waals surface area contributed by atoms with E-state index in [0.29, 0.717) is 18.7 Å². The Hall–Kier alpha value is -2.64. The van der Waals surface area contributed by atoms with Crippen molar-refractivity contribution in [3.8, 4) is 0 Å². The quantitative estimate of drug-likeness (QED) is 0.683. The van der Waals surface area contributed by atoms with Crippen LogP contribution in [0.25, 0.3) is 10.9 Å². The van der Waals surface area contributed by atoms with Crippen molar-refractivity contribution in [3.05, 3.63) is 65.4 Å². The Labute approximate surface area is 165 Å². The average Bonchev–Trinajstić information content (AvgIpc) is 2.99. The van der Waals surface area contributed by atoms with Gasteiger partial charge in [0.25, 0.3) is 5.91 Å². The van der Waals surface area contributed by atoms with Crippen LogP contribution < -0.4 is 0 Å². The summed E-state index contributed by atoms with van der Waals surface area (Å²) >= 11 is 0. The number of hydrogen-bond donors (Lipinski definition) is 0. The van der Waals surface area contributed by atoms with Crippen LogP contribution in [-0.4, -0.2) is 48.7 Å². The third-order valence-electron chi connectivity index (χ3n) is 5.48. The lowest BCUT2D eigenvalue weighted by Crippen LogP contribution is -2.36. The number of nitrogens with zero attached hydrogens (tertiary/aromatic N) is 3. The standard InChI is InChI=1S/C21H23N3O3S/c1-22(2)28(26,27)16-10-8-15(9-11-16)21(25)24-13-12-20-18(14-24)17-6-4-5-7-19(17)23(20)3/h4-11H,12-14H2,1-3H3. The second-order valence-electron chi connectivity index (χ2n) is 7.29. The predicted octanol–water partition coefficient (Wildman–Crippen LogP) is 2.63. The summed E-state index contributed by atoms with van der Waals surface area (Å²) in [6.45, 7) is 1.21. The molecule has 0 bridgehead atoms. The minimum absolute atomic E-state index is 0.0765. The number of carbonyl (C=O) groups excluding carboxylic acids is 1. The Bertz CT molecular complexity index is 1160. The Morgan fingerprint density at radius 2 is 1.71 bits per heavy atom. The molecule has 0 fully saturated rings. The van der Waals surface area contributed by atoms with Crippen LogP contribution in [0.3, 0.4) is 0 Å². The number of rotatable bonds is 3. The minimum atomic E-state index is -3.50. The summed E-state index contributed by atoms with van der Waals surface area (Å²) < 4.78 is 27.8. The number of benzene rings is 2. The van der Waals surface area contributed by atoms with Gasteiger partial charge in [-0.25, -0.2) is 12.7 Å². The van der Waals surface area contributed by atoms with Crippen molar-refractivity contribution in [3.63, 3.8) is 0 Å². The maximum atomic E-state index is 13.0. The molecule has 1 aliphatic heterocycles. The Morgan fingerprint density at radius 1 is 1.04 bits per heavy atom. The molecule has 4 rings (SSSR count). The lowest BCUT2D eigenvalue weighted by molar-refractivity contribution is 0.0734. The average molecular weight is 398 g/mol. The molecule has 2 heterocycles. The molecule has 7 heteroatoms. The fraction of sp³-hybridized carbons (Fsp3) is 0.286. The van der Waals surface area contributed by atoms with E-state index in [2.05, 4.69) is 23.7 Å². The number of hydrogen-bond acceptors (Lipinski definition) is 3. The van der Waals surface area contributed by atoms with Gasteiger partial charge < -0.3 is 9.47 Å². The molecule has 2 aromatic carbocycles. The molecular formula is C21H23N3O3S. The Balaban J connectivity index is 1.61. The van der Waals surface area contributed by atoms with Crippen molar-refractivity contribution >= 4 is 26.8 Å². The summed E-state index contributed by atoms with van der Waals surface area (Å²) in [5.74, 6) is -0.0765. The van der Waals surface area contributed by atoms with Crippen molar-refractivity contribution in [2.24, 2.45) is 7.05 Å². The summed E-state index contributed by atoms with van der Waals surface area (Å²) in [7, 11) is 1.55. The first kappa shape index (κ1) is 18.7. The van der Waals surface area contributed by atoms with Crippen LogP contribution in [0.15, 0.2) is 53.4 Å². The van der Waals surface area contributed by atoms with E-state index in [1.54, 1.807) is 12.1 Å². The van der Waals surface area contributed by atoms with Crippen LogP contribution in [0.4, 0.5) is 0 Å². The van der Waals surface area contributed by atoms with E-state index in [0.717, 1.165) is 10.7 Å². The first-order valence-corrected chi connectivity index (χ1v) is 10.6. The first-order valence-electron chi connectivity index (χ1n) is 9.17. The number of carbonyl (C=O) groups is 1. The Morgan fingerprint density at radius 3 is 2.39 bits per heavy atom. The molecule has 1 amide bonds. The largest absolute Gasteiger partial charge is 0.347 e. The number of aromatic nitrogens is 1. The molecule has 0 saturated carbocycles. The molecule has 0 radical (unpaired) electrons. The molecule has 3 aromatic rings. The molecule has 28 heavy (non-hydrogen) atoms. The predicted molar refractivity (Wildman–Crippen MR) is 109 cm³/mol. The van der Waals surface area contributed by atoms with E-state index in [9.17, 15) is 13.2 Å². The zero-order chi connectivity index (χ0) is 20.1. The lowest BCUT2D eigenvalue weighted by atomic mass is 10.0. The van der Waals surface area contributed by atoms with Crippen molar-refractivity contribution in [1.82, 2.24) is 13.8 Å². The number of para-hydroxylation sites is 1. The SMILES string of the molecule is CN(C)S(=O)(=O)c1ccc(C(=O)N2CCc3c(c4ccccc4n3C)C2)cc1. The molecule has 0 aliphatic carbocycles. The van der Waals surface area contributed by atoms with Crippen molar-refractivity contribution in [1.29, 1.82) is 0 Å². The minimum Gasteiger partial charge on any atom is -0.347 e. The van der Waals surface area contributed by atoms with Crippen LogP contribution >= 0.6 is 0 Å². The zero-order valence-electron chi connectivity index (χ0n) is 16.2. The lowest BCUT2D eigenvalue weighted by Gasteiger charge is -2.28. The van der Waals surface area contributed by atoms with E-state index >= 15 is 0 Å². The Kier molecular flexibility index (Phi) is 4.51. The van der Waals surface area contributed by atoms with Gasteiger partial charge in [0.1, 0.15) is 0 Å². The third-order valence-corrected chi connectivity index (χ3v) is 7.31. The normalized spacial score (nSPS) is 14.5. The molecule has 0 unspecified atom stereocenters. The topological polar surface area (TPSA) is 62.6 Å². The van der Waals surface area contributed by atoms with E-state index in [-0.39, 0.29) is 10.8 Å². The highest BCUT2D eigenvalue weighted by atomic mass is 32.2. The van der Waals surface area contributed by atoms with Crippen LogP contribution in [0, 0.1) is 0 Å². The van der Waals surface area contributed by atoms with E-state index in [4.69, 9.17) is 0 Å². The molecule has 0 atom stereocenters. The summed E-state index contributed by atoms with van der Waals surface area (Å²) in [5, 5.41) is 1.19. The molecule has 1 aliphatic rings. The van der Waals surface area contributed by atoms with E-state index < -0.39 is 10.0 Å². The fourth-order valence-electron chi connectivity index (χ4n) is 3.87. The van der Waals surface area contributed by atoms with Gasteiger partial charge in [0.05, 0.1) is 4.90 Å². The smallest absolute Gasteiger partial charge is 0.254 e. The third kappa shape index (κ3) is 2.91. The summed E-state index contributed by atoms with van der Waals surface area (Å²) in [5.41, 5.74) is 4.16. The second kappa shape index (κ2) is 6.76.